The Bertz CT molecular complexity index is 452. The van der Waals surface area contributed by atoms with Crippen molar-refractivity contribution >= 4 is 0 Å². The summed E-state index contributed by atoms with van der Waals surface area (Å²) in [4.78, 5) is 0. The van der Waals surface area contributed by atoms with Gasteiger partial charge in [0.1, 0.15) is 0 Å². The molecule has 0 unspecified atom stereocenters. The van der Waals surface area contributed by atoms with Crippen LogP contribution in [0.15, 0.2) is 42.0 Å². The molecule has 0 saturated heterocycles. The van der Waals surface area contributed by atoms with Crippen LogP contribution < -0.4 is 0 Å². The van der Waals surface area contributed by atoms with E-state index in [0.717, 1.165) is 17.8 Å². The summed E-state index contributed by atoms with van der Waals surface area (Å²) in [6, 6.07) is 11.0. The van der Waals surface area contributed by atoms with Gasteiger partial charge in [-0.3, -0.25) is 0 Å². The van der Waals surface area contributed by atoms with E-state index in [1.807, 2.05) is 0 Å². The first-order valence-electron chi connectivity index (χ1n) is 8.74. The van der Waals surface area contributed by atoms with Crippen molar-refractivity contribution in [3.8, 4) is 0 Å². The number of rotatable bonds is 4. The molecule has 1 aromatic rings. The molecule has 1 fully saturated rings. The maximum absolute atomic E-state index is 2.63. The van der Waals surface area contributed by atoms with Crippen molar-refractivity contribution in [1.82, 2.24) is 0 Å². The molecule has 0 bridgehead atoms. The van der Waals surface area contributed by atoms with E-state index in [4.69, 9.17) is 0 Å². The normalized spacial score (nSPS) is 26.5. The maximum Gasteiger partial charge on any atom is 0.00437 e. The highest BCUT2D eigenvalue weighted by atomic mass is 14.3. The lowest BCUT2D eigenvalue weighted by Gasteiger charge is -2.34. The average molecular weight is 284 g/mol. The van der Waals surface area contributed by atoms with E-state index in [2.05, 4.69) is 71.0 Å². The molecular formula is C21H32. The highest BCUT2D eigenvalue weighted by Gasteiger charge is 2.27. The van der Waals surface area contributed by atoms with Gasteiger partial charge >= 0.3 is 0 Å². The third kappa shape index (κ3) is 4.22. The summed E-state index contributed by atoms with van der Waals surface area (Å²) >= 11 is 0. The summed E-state index contributed by atoms with van der Waals surface area (Å²) in [5.41, 5.74) is 3.20. The Labute approximate surface area is 131 Å². The summed E-state index contributed by atoms with van der Waals surface area (Å²) in [6.07, 6.45) is 6.71. The first kappa shape index (κ1) is 16.3. The molecule has 0 heteroatoms. The summed E-state index contributed by atoms with van der Waals surface area (Å²) in [7, 11) is 0. The van der Waals surface area contributed by atoms with Gasteiger partial charge in [-0.15, -0.1) is 0 Å². The second-order valence-corrected chi connectivity index (χ2v) is 7.66. The molecule has 0 nitrogen and oxygen atoms in total. The van der Waals surface area contributed by atoms with E-state index in [0.29, 0.717) is 11.8 Å². The van der Waals surface area contributed by atoms with Crippen LogP contribution >= 0.6 is 0 Å². The lowest BCUT2D eigenvalue weighted by Crippen LogP contribution is -2.21. The maximum atomic E-state index is 2.63. The number of benzene rings is 1. The minimum absolute atomic E-state index is 0.563. The largest absolute Gasteiger partial charge is 0.0772 e. The Balaban J connectivity index is 2.31. The number of allylic oxidation sites excluding steroid dienone is 2. The first-order chi connectivity index (χ1) is 9.99. The van der Waals surface area contributed by atoms with Crippen molar-refractivity contribution < 1.29 is 0 Å². The summed E-state index contributed by atoms with van der Waals surface area (Å²) in [6.45, 7) is 11.9. The molecule has 1 aliphatic carbocycles. The third-order valence-corrected chi connectivity index (χ3v) is 5.13. The highest BCUT2D eigenvalue weighted by molar-refractivity contribution is 5.27. The Morgan fingerprint density at radius 1 is 1.00 bits per heavy atom. The monoisotopic (exact) mass is 284 g/mol. The van der Waals surface area contributed by atoms with Gasteiger partial charge in [0.15, 0.2) is 0 Å². The Hall–Kier alpha value is -1.04. The Kier molecular flexibility index (Phi) is 5.67. The number of hydrogen-bond acceptors (Lipinski definition) is 0. The highest BCUT2D eigenvalue weighted by Crippen LogP contribution is 2.40. The van der Waals surface area contributed by atoms with Crippen molar-refractivity contribution in [3.63, 3.8) is 0 Å². The number of hydrogen-bond donors (Lipinski definition) is 0. The molecule has 0 spiro atoms. The van der Waals surface area contributed by atoms with E-state index in [-0.39, 0.29) is 0 Å². The van der Waals surface area contributed by atoms with Gasteiger partial charge < -0.3 is 0 Å². The van der Waals surface area contributed by atoms with E-state index in [1.165, 1.54) is 24.8 Å². The molecule has 1 aliphatic rings. The van der Waals surface area contributed by atoms with Crippen molar-refractivity contribution in [2.75, 3.05) is 0 Å². The Morgan fingerprint density at radius 2 is 1.67 bits per heavy atom. The van der Waals surface area contributed by atoms with Crippen LogP contribution in [0.3, 0.4) is 0 Å². The average Bonchev–Trinajstić information content (AvgIpc) is 2.45. The van der Waals surface area contributed by atoms with Crippen LogP contribution in [-0.2, 0) is 0 Å². The topological polar surface area (TPSA) is 0 Å². The molecule has 0 aliphatic heterocycles. The zero-order valence-corrected chi connectivity index (χ0v) is 14.5. The van der Waals surface area contributed by atoms with Crippen LogP contribution in [0.5, 0.6) is 0 Å². The van der Waals surface area contributed by atoms with Gasteiger partial charge in [-0.1, -0.05) is 76.6 Å². The third-order valence-electron chi connectivity index (χ3n) is 5.13. The molecule has 1 saturated carbocycles. The van der Waals surface area contributed by atoms with Crippen molar-refractivity contribution in [3.05, 3.63) is 47.5 Å². The molecule has 0 aromatic heterocycles. The fourth-order valence-corrected chi connectivity index (χ4v) is 3.84. The Morgan fingerprint density at radius 3 is 2.24 bits per heavy atom. The van der Waals surface area contributed by atoms with Crippen molar-refractivity contribution in [2.24, 2.45) is 23.7 Å². The molecule has 2 rings (SSSR count). The lowest BCUT2D eigenvalue weighted by molar-refractivity contribution is 0.305. The quantitative estimate of drug-likeness (QED) is 0.558. The van der Waals surface area contributed by atoms with Crippen LogP contribution in [-0.4, -0.2) is 0 Å². The smallest absolute Gasteiger partial charge is 0.00437 e. The summed E-state index contributed by atoms with van der Waals surface area (Å²) < 4.78 is 0. The van der Waals surface area contributed by atoms with Crippen molar-refractivity contribution in [2.45, 2.75) is 59.8 Å². The van der Waals surface area contributed by atoms with Gasteiger partial charge in [0, 0.05) is 5.92 Å². The molecule has 0 N–H and O–H groups in total. The SMILES string of the molecule is CC(C)[C@H](/C=C1\C[C@@H](C)CC[C@@H]1C(C)C)c1ccccc1. The molecule has 0 heterocycles. The zero-order valence-electron chi connectivity index (χ0n) is 14.5. The molecule has 116 valence electrons. The van der Waals surface area contributed by atoms with E-state index < -0.39 is 0 Å². The van der Waals surface area contributed by atoms with Crippen LogP contribution in [0, 0.1) is 23.7 Å². The minimum atomic E-state index is 0.563. The molecule has 21 heavy (non-hydrogen) atoms. The zero-order chi connectivity index (χ0) is 15.4. The first-order valence-corrected chi connectivity index (χ1v) is 8.74. The molecular weight excluding hydrogens is 252 g/mol. The van der Waals surface area contributed by atoms with Gasteiger partial charge in [0.2, 0.25) is 0 Å². The van der Waals surface area contributed by atoms with Gasteiger partial charge in [0.05, 0.1) is 0 Å². The standard InChI is InChI=1S/C21H32/c1-15(2)20-12-11-17(5)13-19(20)14-21(16(3)4)18-9-7-6-8-10-18/h6-10,14-17,20-21H,11-13H2,1-5H3/b19-14+/t17-,20+,21-/m0/s1. The molecule has 1 aromatic carbocycles. The minimum Gasteiger partial charge on any atom is -0.0772 e. The van der Waals surface area contributed by atoms with Crippen LogP contribution in [0.25, 0.3) is 0 Å². The second-order valence-electron chi connectivity index (χ2n) is 7.66. The molecule has 0 radical (unpaired) electrons. The molecule has 3 atom stereocenters. The predicted octanol–water partition coefficient (Wildman–Crippen LogP) is 6.44. The fraction of sp³-hybridized carbons (Fsp3) is 0.619. The van der Waals surface area contributed by atoms with E-state index in [9.17, 15) is 0 Å². The fourth-order valence-electron chi connectivity index (χ4n) is 3.84. The summed E-state index contributed by atoms with van der Waals surface area (Å²) in [5.74, 6) is 3.64. The van der Waals surface area contributed by atoms with Gasteiger partial charge in [-0.25, -0.2) is 0 Å². The second kappa shape index (κ2) is 7.29. The van der Waals surface area contributed by atoms with Gasteiger partial charge in [-0.2, -0.15) is 0 Å². The van der Waals surface area contributed by atoms with E-state index >= 15 is 0 Å². The van der Waals surface area contributed by atoms with Gasteiger partial charge in [0.25, 0.3) is 0 Å². The molecule has 0 amide bonds. The van der Waals surface area contributed by atoms with E-state index in [1.54, 1.807) is 5.57 Å². The van der Waals surface area contributed by atoms with Crippen LogP contribution in [0.2, 0.25) is 0 Å². The van der Waals surface area contributed by atoms with Gasteiger partial charge in [-0.05, 0) is 48.5 Å². The lowest BCUT2D eigenvalue weighted by atomic mass is 9.72. The van der Waals surface area contributed by atoms with Crippen LogP contribution in [0.1, 0.15) is 65.4 Å². The van der Waals surface area contributed by atoms with Crippen molar-refractivity contribution in [1.29, 1.82) is 0 Å². The predicted molar refractivity (Wildman–Crippen MR) is 93.4 cm³/mol. The summed E-state index contributed by atoms with van der Waals surface area (Å²) in [5, 5.41) is 0. The van der Waals surface area contributed by atoms with Crippen LogP contribution in [0.4, 0.5) is 0 Å².